The Labute approximate surface area is 78.3 Å². The highest BCUT2D eigenvalue weighted by molar-refractivity contribution is 5.93. The maximum absolute atomic E-state index is 11.0. The molecule has 0 aliphatic heterocycles. The summed E-state index contributed by atoms with van der Waals surface area (Å²) in [6, 6.07) is 0.944. The first-order chi connectivity index (χ1) is 6.56. The van der Waals surface area contributed by atoms with E-state index in [0.717, 1.165) is 25.6 Å². The van der Waals surface area contributed by atoms with E-state index in [-0.39, 0.29) is 5.56 Å². The van der Waals surface area contributed by atoms with Crippen LogP contribution in [0.2, 0.25) is 0 Å². The number of ether oxygens (including phenoxy) is 1. The summed E-state index contributed by atoms with van der Waals surface area (Å²) in [4.78, 5) is 20.7. The van der Waals surface area contributed by atoms with Crippen LogP contribution in [-0.2, 0) is 4.74 Å². The zero-order valence-electron chi connectivity index (χ0n) is 7.17. The minimum absolute atomic E-state index is 0.291. The number of rotatable bonds is 2. The van der Waals surface area contributed by atoms with Gasteiger partial charge in [0, 0.05) is 0 Å². The molecule has 0 saturated carbocycles. The third-order valence-electron chi connectivity index (χ3n) is 1.51. The van der Waals surface area contributed by atoms with Gasteiger partial charge in [0.1, 0.15) is 0 Å². The molecule has 1 aromatic rings. The molecular formula is C7H6N2O5. The lowest BCUT2D eigenvalue weighted by atomic mass is 10.2. The van der Waals surface area contributed by atoms with Gasteiger partial charge in [-0.1, -0.05) is 0 Å². The summed E-state index contributed by atoms with van der Waals surface area (Å²) in [6.45, 7) is 0. The summed E-state index contributed by atoms with van der Waals surface area (Å²) in [5, 5.41) is 21.2. The highest BCUT2D eigenvalue weighted by Gasteiger charge is 2.23. The molecular weight excluding hydrogens is 192 g/mol. The fourth-order valence-electron chi connectivity index (χ4n) is 0.897. The number of carbonyl (C=O) groups is 1. The Bertz CT molecular complexity index is 390. The molecule has 0 atom stereocenters. The number of hydrogen-bond donors (Lipinski definition) is 0. The predicted octanol–water partition coefficient (Wildman–Crippen LogP) is 0.0148. The second kappa shape index (κ2) is 3.69. The number of nitrogens with zero attached hydrogens (tertiary/aromatic N) is 2. The molecule has 0 saturated heterocycles. The zero-order valence-corrected chi connectivity index (χ0v) is 7.17. The minimum atomic E-state index is -0.915. The van der Waals surface area contributed by atoms with Crippen molar-refractivity contribution in [3.8, 4) is 0 Å². The monoisotopic (exact) mass is 198 g/mol. The maximum atomic E-state index is 11.0. The van der Waals surface area contributed by atoms with Crippen LogP contribution < -0.4 is 4.73 Å². The smallest absolute Gasteiger partial charge is 0.351 e. The first kappa shape index (κ1) is 9.90. The summed E-state index contributed by atoms with van der Waals surface area (Å²) in [7, 11) is 1.08. The average molecular weight is 198 g/mol. The fraction of sp³-hybridized carbons (Fsp3) is 0.143. The molecule has 0 spiro atoms. The topological polar surface area (TPSA) is 96.4 Å². The van der Waals surface area contributed by atoms with Crippen LogP contribution >= 0.6 is 0 Å². The highest BCUT2D eigenvalue weighted by atomic mass is 16.6. The van der Waals surface area contributed by atoms with E-state index in [1.54, 1.807) is 0 Å². The largest absolute Gasteiger partial charge is 0.619 e. The molecule has 0 amide bonds. The number of methoxy groups -OCH3 is 1. The molecule has 0 aliphatic carbocycles. The third-order valence-corrected chi connectivity index (χ3v) is 1.51. The molecule has 1 heterocycles. The van der Waals surface area contributed by atoms with Crippen molar-refractivity contribution in [3.63, 3.8) is 0 Å². The van der Waals surface area contributed by atoms with Crippen LogP contribution in [0.15, 0.2) is 18.5 Å². The van der Waals surface area contributed by atoms with E-state index in [0.29, 0.717) is 4.73 Å². The van der Waals surface area contributed by atoms with E-state index in [2.05, 4.69) is 4.74 Å². The molecule has 7 nitrogen and oxygen atoms in total. The first-order valence-corrected chi connectivity index (χ1v) is 3.51. The van der Waals surface area contributed by atoms with E-state index >= 15 is 0 Å². The van der Waals surface area contributed by atoms with Gasteiger partial charge in [-0.3, -0.25) is 10.1 Å². The second-order valence-electron chi connectivity index (χ2n) is 2.35. The third kappa shape index (κ3) is 1.76. The van der Waals surface area contributed by atoms with Crippen molar-refractivity contribution >= 4 is 11.7 Å². The number of aromatic nitrogens is 1. The SMILES string of the molecule is COC(=O)c1c[n+]([O-])ccc1[N+](=O)[O-]. The van der Waals surface area contributed by atoms with Crippen LogP contribution in [0, 0.1) is 15.3 Å². The van der Waals surface area contributed by atoms with E-state index in [1.807, 2.05) is 0 Å². The van der Waals surface area contributed by atoms with Crippen LogP contribution in [0.25, 0.3) is 0 Å². The lowest BCUT2D eigenvalue weighted by molar-refractivity contribution is -0.606. The molecule has 0 fully saturated rings. The summed E-state index contributed by atoms with van der Waals surface area (Å²) in [6.07, 6.45) is 1.73. The van der Waals surface area contributed by atoms with Crippen molar-refractivity contribution in [2.75, 3.05) is 7.11 Å². The normalized spacial score (nSPS) is 9.50. The van der Waals surface area contributed by atoms with Gasteiger partial charge in [-0.25, -0.2) is 4.79 Å². The molecule has 0 radical (unpaired) electrons. The van der Waals surface area contributed by atoms with Gasteiger partial charge in [0.05, 0.1) is 18.1 Å². The van der Waals surface area contributed by atoms with E-state index in [1.165, 1.54) is 0 Å². The summed E-state index contributed by atoms with van der Waals surface area (Å²) >= 11 is 0. The molecule has 0 unspecified atom stereocenters. The molecule has 0 bridgehead atoms. The van der Waals surface area contributed by atoms with Crippen molar-refractivity contribution in [1.29, 1.82) is 0 Å². The molecule has 74 valence electrons. The summed E-state index contributed by atoms with van der Waals surface area (Å²) in [5.41, 5.74) is -0.820. The van der Waals surface area contributed by atoms with Gasteiger partial charge >= 0.3 is 5.97 Å². The average Bonchev–Trinajstić information content (AvgIpc) is 2.16. The number of pyridine rings is 1. The molecule has 7 heteroatoms. The second-order valence-corrected chi connectivity index (χ2v) is 2.35. The van der Waals surface area contributed by atoms with Gasteiger partial charge in [0.25, 0.3) is 5.69 Å². The van der Waals surface area contributed by atoms with Gasteiger partial charge in [0.15, 0.2) is 6.20 Å². The lowest BCUT2D eigenvalue weighted by Gasteiger charge is -2.00. The van der Waals surface area contributed by atoms with Crippen LogP contribution in [0.4, 0.5) is 5.69 Å². The maximum Gasteiger partial charge on any atom is 0.351 e. The highest BCUT2D eigenvalue weighted by Crippen LogP contribution is 2.15. The van der Waals surface area contributed by atoms with Crippen molar-refractivity contribution < 1.29 is 19.2 Å². The van der Waals surface area contributed by atoms with Crippen molar-refractivity contribution in [1.82, 2.24) is 0 Å². The molecule has 0 aromatic carbocycles. The van der Waals surface area contributed by atoms with Crippen molar-refractivity contribution in [3.05, 3.63) is 39.3 Å². The minimum Gasteiger partial charge on any atom is -0.619 e. The van der Waals surface area contributed by atoms with Crippen molar-refractivity contribution in [2.45, 2.75) is 0 Å². The van der Waals surface area contributed by atoms with Gasteiger partial charge in [-0.05, 0) is 0 Å². The van der Waals surface area contributed by atoms with Crippen molar-refractivity contribution in [2.24, 2.45) is 0 Å². The van der Waals surface area contributed by atoms with Crippen LogP contribution in [-0.4, -0.2) is 18.0 Å². The number of nitro groups is 1. The molecule has 0 N–H and O–H groups in total. The van der Waals surface area contributed by atoms with Crippen LogP contribution in [0.1, 0.15) is 10.4 Å². The van der Waals surface area contributed by atoms with E-state index < -0.39 is 16.6 Å². The summed E-state index contributed by atoms with van der Waals surface area (Å²) < 4.78 is 4.58. The quantitative estimate of drug-likeness (QED) is 0.219. The Balaban J connectivity index is 3.29. The number of esters is 1. The number of hydrogen-bond acceptors (Lipinski definition) is 5. The van der Waals surface area contributed by atoms with E-state index in [4.69, 9.17) is 0 Å². The zero-order chi connectivity index (χ0) is 10.7. The molecule has 0 aliphatic rings. The Morgan fingerprint density at radius 3 is 2.79 bits per heavy atom. The first-order valence-electron chi connectivity index (χ1n) is 3.51. The lowest BCUT2D eigenvalue weighted by Crippen LogP contribution is -2.27. The summed E-state index contributed by atoms with van der Waals surface area (Å²) in [5.74, 6) is -0.915. The predicted molar refractivity (Wildman–Crippen MR) is 43.4 cm³/mol. The molecule has 1 rings (SSSR count). The Hall–Kier alpha value is -2.18. The van der Waals surface area contributed by atoms with Gasteiger partial charge in [-0.2, -0.15) is 4.73 Å². The van der Waals surface area contributed by atoms with Gasteiger partial charge in [0.2, 0.25) is 11.8 Å². The van der Waals surface area contributed by atoms with E-state index in [9.17, 15) is 20.1 Å². The Kier molecular flexibility index (Phi) is 2.61. The van der Waals surface area contributed by atoms with Gasteiger partial charge in [-0.15, -0.1) is 0 Å². The van der Waals surface area contributed by atoms with Crippen LogP contribution in [0.3, 0.4) is 0 Å². The fourth-order valence-corrected chi connectivity index (χ4v) is 0.897. The standard InChI is InChI=1S/C7H6N2O5/c1-14-7(10)5-4-8(11)3-2-6(5)9(12)13/h2-4H,1H3. The molecule has 14 heavy (non-hydrogen) atoms. The Morgan fingerprint density at radius 1 is 1.64 bits per heavy atom. The van der Waals surface area contributed by atoms with Gasteiger partial charge < -0.3 is 9.94 Å². The molecule has 1 aromatic heterocycles. The number of carbonyl (C=O) groups excluding carboxylic acids is 1. The Morgan fingerprint density at radius 2 is 2.29 bits per heavy atom. The van der Waals surface area contributed by atoms with Crippen LogP contribution in [0.5, 0.6) is 0 Å².